The van der Waals surface area contributed by atoms with Crippen molar-refractivity contribution in [2.24, 2.45) is 23.7 Å². The minimum Gasteiger partial charge on any atom is -0.370 e. The Balaban J connectivity index is 1.20. The Kier molecular flexibility index (Phi) is 4.07. The zero-order valence-electron chi connectivity index (χ0n) is 13.1. The number of rotatable bonds is 3. The average molecular weight is 276 g/mol. The number of hydrogen-bond acceptors (Lipinski definition) is 1. The van der Waals surface area contributed by atoms with Gasteiger partial charge in [0.25, 0.3) is 0 Å². The van der Waals surface area contributed by atoms with Gasteiger partial charge in [0.2, 0.25) is 0 Å². The van der Waals surface area contributed by atoms with Crippen LogP contribution in [0.3, 0.4) is 0 Å². The molecule has 0 aromatic carbocycles. The van der Waals surface area contributed by atoms with Crippen LogP contribution in [-0.4, -0.2) is 12.2 Å². The maximum absolute atomic E-state index is 5.69. The van der Waals surface area contributed by atoms with Crippen molar-refractivity contribution in [1.29, 1.82) is 0 Å². The van der Waals surface area contributed by atoms with Crippen molar-refractivity contribution in [1.82, 2.24) is 0 Å². The third kappa shape index (κ3) is 3.08. The maximum Gasteiger partial charge on any atom is 0.0844 e. The molecule has 4 rings (SSSR count). The zero-order valence-corrected chi connectivity index (χ0v) is 13.1. The Labute approximate surface area is 124 Å². The van der Waals surface area contributed by atoms with Crippen LogP contribution < -0.4 is 0 Å². The van der Waals surface area contributed by atoms with E-state index in [9.17, 15) is 0 Å². The second kappa shape index (κ2) is 5.99. The van der Waals surface area contributed by atoms with Gasteiger partial charge in [-0.2, -0.15) is 0 Å². The van der Waals surface area contributed by atoms with E-state index in [1.165, 1.54) is 44.9 Å². The van der Waals surface area contributed by atoms with Crippen LogP contribution in [-0.2, 0) is 4.74 Å². The first-order chi connectivity index (χ1) is 9.88. The SMILES string of the molecule is C1CCC(C2CCC(CC3CCC4OC4C3)CC2)CC1. The molecule has 1 aliphatic heterocycles. The van der Waals surface area contributed by atoms with Crippen molar-refractivity contribution in [3.8, 4) is 0 Å². The van der Waals surface area contributed by atoms with E-state index >= 15 is 0 Å². The van der Waals surface area contributed by atoms with Crippen LogP contribution in [0.25, 0.3) is 0 Å². The summed E-state index contributed by atoms with van der Waals surface area (Å²) in [4.78, 5) is 0. The summed E-state index contributed by atoms with van der Waals surface area (Å²) in [7, 11) is 0. The highest BCUT2D eigenvalue weighted by Gasteiger charge is 2.44. The van der Waals surface area contributed by atoms with Crippen molar-refractivity contribution in [2.75, 3.05) is 0 Å². The van der Waals surface area contributed by atoms with Gasteiger partial charge in [-0.3, -0.25) is 0 Å². The molecular weight excluding hydrogens is 244 g/mol. The van der Waals surface area contributed by atoms with Crippen molar-refractivity contribution in [2.45, 2.75) is 95.7 Å². The quantitative estimate of drug-likeness (QED) is 0.635. The number of hydrogen-bond donors (Lipinski definition) is 0. The molecule has 3 atom stereocenters. The predicted octanol–water partition coefficient (Wildman–Crippen LogP) is 5.33. The molecule has 0 bridgehead atoms. The Morgan fingerprint density at radius 2 is 1.30 bits per heavy atom. The molecule has 114 valence electrons. The molecule has 1 nitrogen and oxygen atoms in total. The summed E-state index contributed by atoms with van der Waals surface area (Å²) in [6, 6.07) is 0. The highest BCUT2D eigenvalue weighted by Crippen LogP contribution is 2.45. The predicted molar refractivity (Wildman–Crippen MR) is 82.6 cm³/mol. The molecule has 0 aromatic rings. The van der Waals surface area contributed by atoms with E-state index in [4.69, 9.17) is 4.74 Å². The van der Waals surface area contributed by atoms with Crippen molar-refractivity contribution >= 4 is 0 Å². The Hall–Kier alpha value is -0.0400. The second-order valence-corrected chi connectivity index (χ2v) is 8.31. The normalized spacial score (nSPS) is 45.9. The molecular formula is C19H32O. The molecule has 3 unspecified atom stereocenters. The van der Waals surface area contributed by atoms with Crippen LogP contribution in [0.4, 0.5) is 0 Å². The molecule has 3 aliphatic carbocycles. The zero-order chi connectivity index (χ0) is 13.4. The van der Waals surface area contributed by atoms with Gasteiger partial charge in [-0.05, 0) is 62.2 Å². The molecule has 1 heterocycles. The van der Waals surface area contributed by atoms with Crippen LogP contribution in [0.1, 0.15) is 83.5 Å². The summed E-state index contributed by atoms with van der Waals surface area (Å²) in [6.07, 6.45) is 21.0. The Morgan fingerprint density at radius 1 is 0.600 bits per heavy atom. The second-order valence-electron chi connectivity index (χ2n) is 8.31. The minimum atomic E-state index is 0.687. The highest BCUT2D eigenvalue weighted by atomic mass is 16.6. The molecule has 0 N–H and O–H groups in total. The molecule has 3 saturated carbocycles. The molecule has 0 spiro atoms. The fraction of sp³-hybridized carbons (Fsp3) is 1.00. The summed E-state index contributed by atoms with van der Waals surface area (Å²) in [6.45, 7) is 0. The van der Waals surface area contributed by atoms with Crippen LogP contribution in [0, 0.1) is 23.7 Å². The Bertz CT molecular complexity index is 312. The number of epoxide rings is 1. The van der Waals surface area contributed by atoms with E-state index in [-0.39, 0.29) is 0 Å². The van der Waals surface area contributed by atoms with Gasteiger partial charge in [0.05, 0.1) is 12.2 Å². The van der Waals surface area contributed by atoms with Crippen molar-refractivity contribution < 1.29 is 4.74 Å². The summed E-state index contributed by atoms with van der Waals surface area (Å²) < 4.78 is 5.69. The van der Waals surface area contributed by atoms with Crippen LogP contribution in [0.5, 0.6) is 0 Å². The first-order valence-electron chi connectivity index (χ1n) is 9.54. The van der Waals surface area contributed by atoms with E-state index in [1.807, 2.05) is 0 Å². The van der Waals surface area contributed by atoms with Gasteiger partial charge in [-0.25, -0.2) is 0 Å². The maximum atomic E-state index is 5.69. The third-order valence-corrected chi connectivity index (χ3v) is 6.99. The lowest BCUT2D eigenvalue weighted by Crippen LogP contribution is -2.25. The van der Waals surface area contributed by atoms with Gasteiger partial charge < -0.3 is 4.74 Å². The van der Waals surface area contributed by atoms with Gasteiger partial charge in [0.15, 0.2) is 0 Å². The highest BCUT2D eigenvalue weighted by molar-refractivity contribution is 4.92. The first kappa shape index (κ1) is 13.6. The number of fused-ring (bicyclic) bond motifs is 1. The van der Waals surface area contributed by atoms with Gasteiger partial charge in [-0.15, -0.1) is 0 Å². The standard InChI is InChI=1S/C19H32O/c1-2-4-16(5-3-1)17-9-6-14(7-10-17)12-15-8-11-18-19(13-15)20-18/h14-19H,1-13H2. The summed E-state index contributed by atoms with van der Waals surface area (Å²) >= 11 is 0. The topological polar surface area (TPSA) is 12.5 Å². The molecule has 1 saturated heterocycles. The number of ether oxygens (including phenoxy) is 1. The lowest BCUT2D eigenvalue weighted by atomic mass is 9.69. The van der Waals surface area contributed by atoms with E-state index in [0.29, 0.717) is 12.2 Å². The lowest BCUT2D eigenvalue weighted by Gasteiger charge is -2.37. The molecule has 0 radical (unpaired) electrons. The van der Waals surface area contributed by atoms with E-state index in [2.05, 4.69) is 0 Å². The third-order valence-electron chi connectivity index (χ3n) is 6.99. The molecule has 20 heavy (non-hydrogen) atoms. The summed E-state index contributed by atoms with van der Waals surface area (Å²) in [5.74, 6) is 4.29. The molecule has 4 fully saturated rings. The van der Waals surface area contributed by atoms with Crippen LogP contribution in [0.15, 0.2) is 0 Å². The van der Waals surface area contributed by atoms with E-state index < -0.39 is 0 Å². The van der Waals surface area contributed by atoms with Crippen LogP contribution >= 0.6 is 0 Å². The lowest BCUT2D eigenvalue weighted by molar-refractivity contribution is 0.150. The molecule has 0 amide bonds. The Morgan fingerprint density at radius 3 is 2.05 bits per heavy atom. The smallest absolute Gasteiger partial charge is 0.0844 e. The van der Waals surface area contributed by atoms with E-state index in [1.54, 1.807) is 38.5 Å². The van der Waals surface area contributed by atoms with Crippen molar-refractivity contribution in [3.05, 3.63) is 0 Å². The molecule has 0 aromatic heterocycles. The largest absolute Gasteiger partial charge is 0.370 e. The van der Waals surface area contributed by atoms with Gasteiger partial charge in [0, 0.05) is 0 Å². The van der Waals surface area contributed by atoms with E-state index in [0.717, 1.165) is 23.7 Å². The molecule has 4 aliphatic rings. The summed E-state index contributed by atoms with van der Waals surface area (Å²) in [5.41, 5.74) is 0. The van der Waals surface area contributed by atoms with Gasteiger partial charge in [-0.1, -0.05) is 44.9 Å². The van der Waals surface area contributed by atoms with Crippen LogP contribution in [0.2, 0.25) is 0 Å². The van der Waals surface area contributed by atoms with Gasteiger partial charge in [0.1, 0.15) is 0 Å². The summed E-state index contributed by atoms with van der Waals surface area (Å²) in [5, 5.41) is 0. The average Bonchev–Trinajstić information content (AvgIpc) is 3.28. The monoisotopic (exact) mass is 276 g/mol. The fourth-order valence-corrected chi connectivity index (χ4v) is 5.67. The first-order valence-corrected chi connectivity index (χ1v) is 9.54. The minimum absolute atomic E-state index is 0.687. The fourth-order valence-electron chi connectivity index (χ4n) is 5.67. The van der Waals surface area contributed by atoms with Crippen molar-refractivity contribution in [3.63, 3.8) is 0 Å². The molecule has 1 heteroatoms. The van der Waals surface area contributed by atoms with Gasteiger partial charge >= 0.3 is 0 Å².